The second kappa shape index (κ2) is 7.99. The summed E-state index contributed by atoms with van der Waals surface area (Å²) in [6.45, 7) is 14.9. The molecule has 0 saturated heterocycles. The molecule has 2 unspecified atom stereocenters. The highest BCUT2D eigenvalue weighted by molar-refractivity contribution is 5.11. The SMILES string of the molecule is CC(C)[C@@H](C)/C=C/[C@@H](C)[C@H]1CC[C@H]2[C@@H]3CCC4CC(O)CC[C@]4(C)[C@H]3CC[C@]12C. The van der Waals surface area contributed by atoms with Gasteiger partial charge in [-0.25, -0.2) is 0 Å². The molecule has 4 saturated carbocycles. The maximum atomic E-state index is 10.3. The Kier molecular flexibility index (Phi) is 6.04. The van der Waals surface area contributed by atoms with Gasteiger partial charge in [0.15, 0.2) is 0 Å². The molecule has 0 aromatic heterocycles. The first kappa shape index (κ1) is 21.9. The molecule has 0 bridgehead atoms. The zero-order valence-corrected chi connectivity index (χ0v) is 20.2. The van der Waals surface area contributed by atoms with Crippen molar-refractivity contribution in [3.63, 3.8) is 0 Å². The molecule has 166 valence electrons. The number of aliphatic hydroxyl groups excluding tert-OH is 1. The van der Waals surface area contributed by atoms with Crippen LogP contribution in [0.5, 0.6) is 0 Å². The maximum Gasteiger partial charge on any atom is 0.0543 e. The molecule has 4 fully saturated rings. The Morgan fingerprint density at radius 3 is 2.21 bits per heavy atom. The van der Waals surface area contributed by atoms with Gasteiger partial charge in [0.05, 0.1) is 6.10 Å². The predicted octanol–water partition coefficient (Wildman–Crippen LogP) is 7.49. The molecule has 0 amide bonds. The number of allylic oxidation sites excluding steroid dienone is 2. The van der Waals surface area contributed by atoms with E-state index in [-0.39, 0.29) is 6.10 Å². The Morgan fingerprint density at radius 1 is 0.793 bits per heavy atom. The van der Waals surface area contributed by atoms with Crippen molar-refractivity contribution in [3.05, 3.63) is 12.2 Å². The summed E-state index contributed by atoms with van der Waals surface area (Å²) in [6.07, 6.45) is 17.1. The lowest BCUT2D eigenvalue weighted by Crippen LogP contribution is -2.54. The van der Waals surface area contributed by atoms with Crippen molar-refractivity contribution in [2.75, 3.05) is 0 Å². The first-order valence-electron chi connectivity index (χ1n) is 13.0. The standard InChI is InChI=1S/C28H48O/c1-18(2)19(3)7-8-20(4)24-11-12-25-23-10-9-21-17-22(29)13-15-27(21,5)26(23)14-16-28(24,25)6/h7-8,18-26,29H,9-17H2,1-6H3/b8-7+/t19-,20+,21?,22?,23-,24+,25-,26-,27-,28+/m0/s1. The lowest BCUT2D eigenvalue weighted by Gasteiger charge is -2.61. The molecule has 0 radical (unpaired) electrons. The molecular formula is C28H48O. The summed E-state index contributed by atoms with van der Waals surface area (Å²) in [5.41, 5.74) is 1.07. The van der Waals surface area contributed by atoms with Gasteiger partial charge in [0, 0.05) is 0 Å². The van der Waals surface area contributed by atoms with Gasteiger partial charge in [-0.2, -0.15) is 0 Å². The first-order chi connectivity index (χ1) is 13.7. The molecular weight excluding hydrogens is 352 g/mol. The van der Waals surface area contributed by atoms with E-state index in [9.17, 15) is 5.11 Å². The highest BCUT2D eigenvalue weighted by Gasteiger charge is 2.60. The Morgan fingerprint density at radius 2 is 1.48 bits per heavy atom. The van der Waals surface area contributed by atoms with Crippen LogP contribution in [-0.4, -0.2) is 11.2 Å². The van der Waals surface area contributed by atoms with Crippen molar-refractivity contribution in [2.45, 2.75) is 105 Å². The minimum absolute atomic E-state index is 0.0183. The van der Waals surface area contributed by atoms with Gasteiger partial charge < -0.3 is 5.11 Å². The lowest BCUT2D eigenvalue weighted by atomic mass is 9.44. The van der Waals surface area contributed by atoms with E-state index < -0.39 is 0 Å². The summed E-state index contributed by atoms with van der Waals surface area (Å²) >= 11 is 0. The van der Waals surface area contributed by atoms with E-state index in [0.29, 0.717) is 16.7 Å². The minimum atomic E-state index is -0.0183. The van der Waals surface area contributed by atoms with Gasteiger partial charge in [0.25, 0.3) is 0 Å². The van der Waals surface area contributed by atoms with Gasteiger partial charge in [-0.15, -0.1) is 0 Å². The second-order valence-corrected chi connectivity index (χ2v) is 12.7. The zero-order valence-electron chi connectivity index (χ0n) is 20.2. The highest BCUT2D eigenvalue weighted by atomic mass is 16.3. The summed E-state index contributed by atoms with van der Waals surface area (Å²) in [4.78, 5) is 0. The van der Waals surface area contributed by atoms with Crippen LogP contribution in [0.2, 0.25) is 0 Å². The average molecular weight is 401 g/mol. The minimum Gasteiger partial charge on any atom is -0.393 e. The molecule has 10 atom stereocenters. The van der Waals surface area contributed by atoms with Crippen LogP contribution in [0.3, 0.4) is 0 Å². The van der Waals surface area contributed by atoms with Gasteiger partial charge in [0.1, 0.15) is 0 Å². The summed E-state index contributed by atoms with van der Waals surface area (Å²) in [7, 11) is 0. The molecule has 0 aromatic rings. The predicted molar refractivity (Wildman–Crippen MR) is 124 cm³/mol. The molecule has 0 heterocycles. The third-order valence-corrected chi connectivity index (χ3v) is 11.1. The van der Waals surface area contributed by atoms with Crippen LogP contribution in [0.4, 0.5) is 0 Å². The monoisotopic (exact) mass is 400 g/mol. The number of hydrogen-bond acceptors (Lipinski definition) is 1. The average Bonchev–Trinajstić information content (AvgIpc) is 3.03. The van der Waals surface area contributed by atoms with Crippen molar-refractivity contribution < 1.29 is 5.11 Å². The molecule has 4 rings (SSSR count). The smallest absolute Gasteiger partial charge is 0.0543 e. The maximum absolute atomic E-state index is 10.3. The molecule has 29 heavy (non-hydrogen) atoms. The fourth-order valence-corrected chi connectivity index (χ4v) is 8.85. The quantitative estimate of drug-likeness (QED) is 0.485. The fourth-order valence-electron chi connectivity index (χ4n) is 8.85. The van der Waals surface area contributed by atoms with Crippen molar-refractivity contribution in [1.29, 1.82) is 0 Å². The van der Waals surface area contributed by atoms with Crippen molar-refractivity contribution in [1.82, 2.24) is 0 Å². The van der Waals surface area contributed by atoms with Crippen LogP contribution in [-0.2, 0) is 0 Å². The molecule has 0 spiro atoms. The first-order valence-corrected chi connectivity index (χ1v) is 13.0. The molecule has 0 aliphatic heterocycles. The van der Waals surface area contributed by atoms with E-state index in [1.807, 2.05) is 0 Å². The van der Waals surface area contributed by atoms with Crippen LogP contribution in [0, 0.1) is 58.2 Å². The van der Waals surface area contributed by atoms with Gasteiger partial charge in [-0.3, -0.25) is 0 Å². The summed E-state index contributed by atoms with van der Waals surface area (Å²) in [6, 6.07) is 0. The topological polar surface area (TPSA) is 20.2 Å². The Labute approximate surface area is 181 Å². The van der Waals surface area contributed by atoms with Gasteiger partial charge >= 0.3 is 0 Å². The van der Waals surface area contributed by atoms with Crippen molar-refractivity contribution >= 4 is 0 Å². The molecule has 1 heteroatoms. The van der Waals surface area contributed by atoms with Crippen LogP contribution < -0.4 is 0 Å². The molecule has 0 aromatic carbocycles. The second-order valence-electron chi connectivity index (χ2n) is 12.7. The van der Waals surface area contributed by atoms with E-state index in [1.54, 1.807) is 0 Å². The van der Waals surface area contributed by atoms with E-state index >= 15 is 0 Å². The Hall–Kier alpha value is -0.300. The largest absolute Gasteiger partial charge is 0.393 e. The number of hydrogen-bond donors (Lipinski definition) is 1. The van der Waals surface area contributed by atoms with E-state index in [4.69, 9.17) is 0 Å². The highest BCUT2D eigenvalue weighted by Crippen LogP contribution is 2.68. The number of fused-ring (bicyclic) bond motifs is 5. The zero-order chi connectivity index (χ0) is 21.0. The van der Waals surface area contributed by atoms with Crippen LogP contribution in [0.15, 0.2) is 12.2 Å². The van der Waals surface area contributed by atoms with Crippen LogP contribution in [0.25, 0.3) is 0 Å². The third-order valence-electron chi connectivity index (χ3n) is 11.1. The Bertz CT molecular complexity index is 607. The van der Waals surface area contributed by atoms with Crippen molar-refractivity contribution in [3.8, 4) is 0 Å². The normalized spacial score (nSPS) is 49.5. The molecule has 1 nitrogen and oxygen atoms in total. The van der Waals surface area contributed by atoms with E-state index in [0.717, 1.165) is 54.3 Å². The molecule has 1 N–H and O–H groups in total. The van der Waals surface area contributed by atoms with E-state index in [1.165, 1.54) is 44.9 Å². The van der Waals surface area contributed by atoms with Gasteiger partial charge in [-0.1, -0.05) is 53.7 Å². The van der Waals surface area contributed by atoms with Gasteiger partial charge in [0.2, 0.25) is 0 Å². The van der Waals surface area contributed by atoms with Crippen LogP contribution >= 0.6 is 0 Å². The fraction of sp³-hybridized carbons (Fsp3) is 0.929. The number of rotatable bonds is 4. The molecule has 4 aliphatic rings. The lowest BCUT2D eigenvalue weighted by molar-refractivity contribution is -0.128. The van der Waals surface area contributed by atoms with E-state index in [2.05, 4.69) is 53.7 Å². The van der Waals surface area contributed by atoms with Gasteiger partial charge in [-0.05, 0) is 116 Å². The summed E-state index contributed by atoms with van der Waals surface area (Å²) < 4.78 is 0. The summed E-state index contributed by atoms with van der Waals surface area (Å²) in [5.74, 6) is 6.66. The number of aliphatic hydroxyl groups is 1. The van der Waals surface area contributed by atoms with Crippen molar-refractivity contribution in [2.24, 2.45) is 58.2 Å². The Balaban J connectivity index is 1.50. The van der Waals surface area contributed by atoms with Crippen LogP contribution in [0.1, 0.15) is 99.3 Å². The molecule has 4 aliphatic carbocycles. The third kappa shape index (κ3) is 3.66. The summed E-state index contributed by atoms with van der Waals surface area (Å²) in [5, 5.41) is 10.3.